The molecular weight excluding hydrogens is 292 g/mol. The van der Waals surface area contributed by atoms with Crippen LogP contribution < -0.4 is 10.2 Å². The van der Waals surface area contributed by atoms with E-state index >= 15 is 0 Å². The summed E-state index contributed by atoms with van der Waals surface area (Å²) in [5.74, 6) is 0.709. The average molecular weight is 318 g/mol. The second kappa shape index (κ2) is 7.91. The Morgan fingerprint density at radius 2 is 1.73 bits per heavy atom. The molecule has 120 valence electrons. The molecule has 1 aliphatic heterocycles. The van der Waals surface area contributed by atoms with Gasteiger partial charge in [0.05, 0.1) is 5.75 Å². The Kier molecular flexibility index (Phi) is 5.65. The van der Waals surface area contributed by atoms with Crippen LogP contribution in [0.15, 0.2) is 24.3 Å². The van der Waals surface area contributed by atoms with Crippen molar-refractivity contribution >= 4 is 29.0 Å². The minimum Gasteiger partial charge on any atom is -0.372 e. The quantitative estimate of drug-likeness (QED) is 0.879. The highest BCUT2D eigenvalue weighted by Crippen LogP contribution is 2.29. The van der Waals surface area contributed by atoms with Crippen molar-refractivity contribution in [3.8, 4) is 0 Å². The Morgan fingerprint density at radius 1 is 1.05 bits per heavy atom. The van der Waals surface area contributed by atoms with Crippen LogP contribution >= 0.6 is 11.8 Å². The summed E-state index contributed by atoms with van der Waals surface area (Å²) in [6, 6.07) is 8.32. The highest BCUT2D eigenvalue weighted by molar-refractivity contribution is 8.00. The third-order valence-electron chi connectivity index (χ3n) is 4.62. The molecule has 0 radical (unpaired) electrons. The van der Waals surface area contributed by atoms with E-state index in [9.17, 15) is 4.79 Å². The number of carbonyl (C=O) groups excluding carboxylic acids is 1. The molecule has 2 fully saturated rings. The lowest BCUT2D eigenvalue weighted by Crippen LogP contribution is -2.29. The number of amides is 1. The summed E-state index contributed by atoms with van der Waals surface area (Å²) in [5, 5.41) is 3.72. The largest absolute Gasteiger partial charge is 0.372 e. The van der Waals surface area contributed by atoms with Gasteiger partial charge < -0.3 is 10.2 Å². The van der Waals surface area contributed by atoms with Crippen molar-refractivity contribution in [1.82, 2.24) is 0 Å². The van der Waals surface area contributed by atoms with Crippen LogP contribution in [0.1, 0.15) is 44.9 Å². The highest BCUT2D eigenvalue weighted by Gasteiger charge is 2.16. The smallest absolute Gasteiger partial charge is 0.234 e. The molecule has 4 heteroatoms. The second-order valence-electron chi connectivity index (χ2n) is 6.36. The molecule has 0 bridgehead atoms. The van der Waals surface area contributed by atoms with Crippen molar-refractivity contribution in [2.45, 2.75) is 50.2 Å². The number of thioether (sulfide) groups is 1. The van der Waals surface area contributed by atoms with Crippen molar-refractivity contribution in [3.05, 3.63) is 24.3 Å². The molecule has 1 saturated carbocycles. The van der Waals surface area contributed by atoms with Gasteiger partial charge in [-0.2, -0.15) is 0 Å². The second-order valence-corrected chi connectivity index (χ2v) is 7.65. The first kappa shape index (κ1) is 15.7. The first-order valence-corrected chi connectivity index (χ1v) is 9.62. The third kappa shape index (κ3) is 4.42. The van der Waals surface area contributed by atoms with Crippen molar-refractivity contribution < 1.29 is 4.79 Å². The van der Waals surface area contributed by atoms with Crippen LogP contribution in [0, 0.1) is 0 Å². The molecule has 0 unspecified atom stereocenters. The molecule has 1 aliphatic carbocycles. The van der Waals surface area contributed by atoms with Crippen LogP contribution in [0.5, 0.6) is 0 Å². The lowest BCUT2D eigenvalue weighted by atomic mass is 10.1. The van der Waals surface area contributed by atoms with Gasteiger partial charge in [0.2, 0.25) is 5.91 Å². The zero-order valence-electron chi connectivity index (χ0n) is 13.2. The highest BCUT2D eigenvalue weighted by atomic mass is 32.2. The van der Waals surface area contributed by atoms with Gasteiger partial charge in [0, 0.05) is 29.7 Å². The van der Waals surface area contributed by atoms with Crippen LogP contribution in [0.25, 0.3) is 0 Å². The van der Waals surface area contributed by atoms with E-state index in [0.717, 1.165) is 18.8 Å². The molecule has 0 atom stereocenters. The third-order valence-corrected chi connectivity index (χ3v) is 6.00. The molecule has 1 aromatic rings. The number of piperidine rings is 1. The number of carbonyl (C=O) groups is 1. The number of nitrogens with zero attached hydrogens (tertiary/aromatic N) is 1. The van der Waals surface area contributed by atoms with Crippen LogP contribution in [0.3, 0.4) is 0 Å². The van der Waals surface area contributed by atoms with E-state index in [1.165, 1.54) is 50.6 Å². The number of hydrogen-bond acceptors (Lipinski definition) is 3. The van der Waals surface area contributed by atoms with E-state index in [2.05, 4.69) is 22.3 Å². The van der Waals surface area contributed by atoms with E-state index in [-0.39, 0.29) is 5.91 Å². The number of hydrogen-bond donors (Lipinski definition) is 1. The van der Waals surface area contributed by atoms with Gasteiger partial charge in [0.1, 0.15) is 0 Å². The number of benzene rings is 1. The normalized spacial score (nSPS) is 19.4. The topological polar surface area (TPSA) is 32.3 Å². The molecule has 0 aromatic heterocycles. The van der Waals surface area contributed by atoms with Gasteiger partial charge in [-0.15, -0.1) is 11.8 Å². The fourth-order valence-electron chi connectivity index (χ4n) is 3.35. The van der Waals surface area contributed by atoms with Gasteiger partial charge >= 0.3 is 0 Å². The van der Waals surface area contributed by atoms with Gasteiger partial charge in [0.25, 0.3) is 0 Å². The van der Waals surface area contributed by atoms with E-state index in [4.69, 9.17) is 0 Å². The molecule has 1 N–H and O–H groups in total. The van der Waals surface area contributed by atoms with Gasteiger partial charge in [-0.25, -0.2) is 0 Å². The lowest BCUT2D eigenvalue weighted by Gasteiger charge is -2.28. The monoisotopic (exact) mass is 318 g/mol. The summed E-state index contributed by atoms with van der Waals surface area (Å²) in [7, 11) is 0. The van der Waals surface area contributed by atoms with Crippen molar-refractivity contribution in [1.29, 1.82) is 0 Å². The summed E-state index contributed by atoms with van der Waals surface area (Å²) < 4.78 is 0. The van der Waals surface area contributed by atoms with Gasteiger partial charge in [-0.05, 0) is 56.4 Å². The summed E-state index contributed by atoms with van der Waals surface area (Å²) in [4.78, 5) is 14.4. The van der Waals surface area contributed by atoms with Crippen LogP contribution in [-0.4, -0.2) is 30.0 Å². The molecule has 3 nitrogen and oxygen atoms in total. The zero-order valence-corrected chi connectivity index (χ0v) is 14.0. The average Bonchev–Trinajstić information content (AvgIpc) is 3.08. The molecule has 0 spiro atoms. The summed E-state index contributed by atoms with van der Waals surface area (Å²) in [6.45, 7) is 2.31. The number of anilines is 2. The predicted molar refractivity (Wildman–Crippen MR) is 95.8 cm³/mol. The van der Waals surface area contributed by atoms with E-state index in [1.807, 2.05) is 23.9 Å². The van der Waals surface area contributed by atoms with E-state index in [0.29, 0.717) is 11.0 Å². The molecule has 22 heavy (non-hydrogen) atoms. The van der Waals surface area contributed by atoms with Crippen molar-refractivity contribution in [2.75, 3.05) is 29.1 Å². The standard InChI is InChI=1S/C18H26N2OS/c21-18(14-22-17-6-2-3-7-17)19-15-8-10-16(11-9-15)20-12-4-1-5-13-20/h8-11,17H,1-7,12-14H2,(H,19,21). The van der Waals surface area contributed by atoms with Gasteiger partial charge in [0.15, 0.2) is 0 Å². The molecule has 1 amide bonds. The van der Waals surface area contributed by atoms with Crippen LogP contribution in [-0.2, 0) is 4.79 Å². The lowest BCUT2D eigenvalue weighted by molar-refractivity contribution is -0.113. The maximum absolute atomic E-state index is 12.0. The zero-order chi connectivity index (χ0) is 15.2. The maximum atomic E-state index is 12.0. The van der Waals surface area contributed by atoms with Crippen LogP contribution in [0.2, 0.25) is 0 Å². The summed E-state index contributed by atoms with van der Waals surface area (Å²) in [5.41, 5.74) is 2.19. The van der Waals surface area contributed by atoms with E-state index < -0.39 is 0 Å². The fraction of sp³-hybridized carbons (Fsp3) is 0.611. The Morgan fingerprint density at radius 3 is 2.41 bits per heavy atom. The molecule has 1 heterocycles. The van der Waals surface area contributed by atoms with Crippen molar-refractivity contribution in [2.24, 2.45) is 0 Å². The summed E-state index contributed by atoms with van der Waals surface area (Å²) >= 11 is 1.82. The van der Waals surface area contributed by atoms with Crippen LogP contribution in [0.4, 0.5) is 11.4 Å². The molecular formula is C18H26N2OS. The molecule has 2 aliphatic rings. The number of rotatable bonds is 5. The predicted octanol–water partition coefficient (Wildman–Crippen LogP) is 4.29. The first-order chi connectivity index (χ1) is 10.8. The molecule has 3 rings (SSSR count). The minimum absolute atomic E-state index is 0.127. The van der Waals surface area contributed by atoms with Crippen molar-refractivity contribution in [3.63, 3.8) is 0 Å². The Balaban J connectivity index is 1.46. The SMILES string of the molecule is O=C(CSC1CCCC1)Nc1ccc(N2CCCCC2)cc1. The Bertz CT molecular complexity index is 476. The van der Waals surface area contributed by atoms with E-state index in [1.54, 1.807) is 0 Å². The van der Waals surface area contributed by atoms with Gasteiger partial charge in [-0.1, -0.05) is 12.8 Å². The molecule has 1 aromatic carbocycles. The first-order valence-electron chi connectivity index (χ1n) is 8.58. The summed E-state index contributed by atoms with van der Waals surface area (Å²) in [6.07, 6.45) is 9.15. The molecule has 1 saturated heterocycles. The Labute approximate surface area is 137 Å². The number of nitrogens with one attached hydrogen (secondary N) is 1. The Hall–Kier alpha value is -1.16. The maximum Gasteiger partial charge on any atom is 0.234 e. The fourth-order valence-corrected chi connectivity index (χ4v) is 4.48. The minimum atomic E-state index is 0.127. The van der Waals surface area contributed by atoms with Gasteiger partial charge in [-0.3, -0.25) is 4.79 Å².